The fourth-order valence-electron chi connectivity index (χ4n) is 1.64. The van der Waals surface area contributed by atoms with Crippen LogP contribution in [-0.4, -0.2) is 27.2 Å². The first-order valence-electron chi connectivity index (χ1n) is 6.18. The number of imidazole rings is 1. The van der Waals surface area contributed by atoms with Gasteiger partial charge in [0, 0.05) is 35.8 Å². The van der Waals surface area contributed by atoms with Gasteiger partial charge in [-0.3, -0.25) is 4.79 Å². The molecule has 0 saturated carbocycles. The van der Waals surface area contributed by atoms with Gasteiger partial charge >= 0.3 is 0 Å². The third-order valence-electron chi connectivity index (χ3n) is 2.65. The third-order valence-corrected chi connectivity index (χ3v) is 3.57. The Bertz CT molecular complexity index is 608. The molecule has 20 heavy (non-hydrogen) atoms. The Morgan fingerprint density at radius 2 is 2.45 bits per heavy atom. The van der Waals surface area contributed by atoms with E-state index in [1.807, 2.05) is 22.2 Å². The van der Waals surface area contributed by atoms with Crippen LogP contribution in [0.1, 0.15) is 16.9 Å². The van der Waals surface area contributed by atoms with Crippen LogP contribution in [0.2, 0.25) is 0 Å². The summed E-state index contributed by atoms with van der Waals surface area (Å²) in [5, 5.41) is 13.5. The van der Waals surface area contributed by atoms with Crippen LogP contribution in [0.15, 0.2) is 30.2 Å². The highest BCUT2D eigenvalue weighted by atomic mass is 32.1. The summed E-state index contributed by atoms with van der Waals surface area (Å²) in [6.07, 6.45) is 5.62. The number of aliphatic hydroxyl groups excluding tert-OH is 1. The maximum absolute atomic E-state index is 11.7. The lowest BCUT2D eigenvalue weighted by Gasteiger charge is -2.05. The van der Waals surface area contributed by atoms with E-state index in [1.54, 1.807) is 23.9 Å². The Morgan fingerprint density at radius 1 is 1.55 bits per heavy atom. The van der Waals surface area contributed by atoms with Gasteiger partial charge in [0.05, 0.1) is 12.9 Å². The number of amides is 1. The summed E-state index contributed by atoms with van der Waals surface area (Å²) in [6.45, 7) is 0.926. The molecular weight excluding hydrogens is 274 g/mol. The van der Waals surface area contributed by atoms with Crippen molar-refractivity contribution in [3.8, 4) is 11.8 Å². The van der Waals surface area contributed by atoms with E-state index in [-0.39, 0.29) is 12.5 Å². The van der Waals surface area contributed by atoms with Gasteiger partial charge in [-0.2, -0.15) is 0 Å². The van der Waals surface area contributed by atoms with Crippen LogP contribution in [-0.2, 0) is 17.9 Å². The Balaban J connectivity index is 1.80. The first-order chi connectivity index (χ1) is 9.79. The van der Waals surface area contributed by atoms with Gasteiger partial charge in [0.15, 0.2) is 0 Å². The predicted molar refractivity (Wildman–Crippen MR) is 77.0 cm³/mol. The number of hydrogen-bond acceptors (Lipinski definition) is 4. The first kappa shape index (κ1) is 14.3. The fraction of sp³-hybridized carbons (Fsp3) is 0.286. The second-order valence-electron chi connectivity index (χ2n) is 4.04. The number of aromatic nitrogens is 2. The summed E-state index contributed by atoms with van der Waals surface area (Å²) in [6, 6.07) is 1.89. The average Bonchev–Trinajstić information content (AvgIpc) is 3.11. The molecule has 0 unspecified atom stereocenters. The quantitative estimate of drug-likeness (QED) is 0.807. The van der Waals surface area contributed by atoms with Gasteiger partial charge in [0.1, 0.15) is 6.61 Å². The van der Waals surface area contributed by atoms with Gasteiger partial charge in [-0.05, 0) is 11.4 Å². The summed E-state index contributed by atoms with van der Waals surface area (Å²) in [7, 11) is 0. The monoisotopic (exact) mass is 289 g/mol. The molecule has 0 aliphatic carbocycles. The van der Waals surface area contributed by atoms with Crippen molar-refractivity contribution < 1.29 is 9.90 Å². The lowest BCUT2D eigenvalue weighted by Crippen LogP contribution is -2.23. The third kappa shape index (κ3) is 4.23. The molecule has 104 valence electrons. The summed E-state index contributed by atoms with van der Waals surface area (Å²) >= 11 is 1.54. The number of rotatable bonds is 5. The van der Waals surface area contributed by atoms with Crippen LogP contribution in [0.4, 0.5) is 0 Å². The Labute approximate surface area is 121 Å². The highest BCUT2D eigenvalue weighted by Crippen LogP contribution is 2.15. The zero-order chi connectivity index (χ0) is 14.2. The van der Waals surface area contributed by atoms with Crippen molar-refractivity contribution in [2.75, 3.05) is 6.61 Å². The van der Waals surface area contributed by atoms with Crippen LogP contribution < -0.4 is 5.32 Å². The van der Waals surface area contributed by atoms with E-state index in [0.29, 0.717) is 19.5 Å². The van der Waals surface area contributed by atoms with Crippen LogP contribution in [0.5, 0.6) is 0 Å². The second kappa shape index (κ2) is 7.48. The Kier molecular flexibility index (Phi) is 5.35. The number of nitrogens with one attached hydrogen (secondary N) is 1. The molecule has 0 radical (unpaired) electrons. The largest absolute Gasteiger partial charge is 0.384 e. The average molecular weight is 289 g/mol. The Morgan fingerprint density at radius 3 is 3.20 bits per heavy atom. The molecule has 0 aliphatic heterocycles. The van der Waals surface area contributed by atoms with Crippen molar-refractivity contribution >= 4 is 17.2 Å². The molecular formula is C14H15N3O2S. The molecule has 0 spiro atoms. The van der Waals surface area contributed by atoms with Gasteiger partial charge in [0.25, 0.3) is 0 Å². The molecule has 2 N–H and O–H groups in total. The molecule has 5 nitrogen and oxygen atoms in total. The zero-order valence-corrected chi connectivity index (χ0v) is 11.7. The molecule has 2 rings (SSSR count). The van der Waals surface area contributed by atoms with Crippen molar-refractivity contribution in [3.05, 3.63) is 40.6 Å². The zero-order valence-electron chi connectivity index (χ0n) is 10.9. The van der Waals surface area contributed by atoms with Crippen molar-refractivity contribution in [2.24, 2.45) is 0 Å². The highest BCUT2D eigenvalue weighted by molar-refractivity contribution is 7.10. The van der Waals surface area contributed by atoms with E-state index >= 15 is 0 Å². The smallest absolute Gasteiger partial charge is 0.222 e. The molecule has 0 atom stereocenters. The number of carbonyl (C=O) groups excluding carboxylic acids is 1. The van der Waals surface area contributed by atoms with Gasteiger partial charge in [0.2, 0.25) is 5.91 Å². The molecule has 0 fully saturated rings. The summed E-state index contributed by atoms with van der Waals surface area (Å²) in [4.78, 5) is 16.7. The lowest BCUT2D eigenvalue weighted by atomic mass is 10.2. The molecule has 0 aromatic carbocycles. The number of hydrogen-bond donors (Lipinski definition) is 2. The minimum absolute atomic E-state index is 0.00633. The van der Waals surface area contributed by atoms with Crippen molar-refractivity contribution in [1.29, 1.82) is 0 Å². The molecule has 2 aromatic heterocycles. The van der Waals surface area contributed by atoms with E-state index in [0.717, 1.165) is 10.4 Å². The predicted octanol–water partition coefficient (Wildman–Crippen LogP) is 0.995. The topological polar surface area (TPSA) is 67.2 Å². The van der Waals surface area contributed by atoms with Crippen molar-refractivity contribution in [3.63, 3.8) is 0 Å². The number of carbonyl (C=O) groups is 1. The first-order valence-corrected chi connectivity index (χ1v) is 7.06. The van der Waals surface area contributed by atoms with Gasteiger partial charge < -0.3 is 15.0 Å². The maximum Gasteiger partial charge on any atom is 0.222 e. The standard InChI is InChI=1S/C14H15N3O2S/c18-8-1-2-12-4-9-20-13(12)10-16-14(19)3-6-17-7-5-15-11-17/h4-5,7,9,11,18H,3,6,8,10H2,(H,16,19). The lowest BCUT2D eigenvalue weighted by molar-refractivity contribution is -0.121. The van der Waals surface area contributed by atoms with Crippen LogP contribution >= 0.6 is 11.3 Å². The SMILES string of the molecule is O=C(CCn1ccnc1)NCc1sccc1C#CCO. The number of aryl methyl sites for hydroxylation is 1. The minimum Gasteiger partial charge on any atom is -0.384 e. The molecule has 6 heteroatoms. The second-order valence-corrected chi connectivity index (χ2v) is 5.05. The van der Waals surface area contributed by atoms with E-state index in [1.165, 1.54) is 0 Å². The van der Waals surface area contributed by atoms with Gasteiger partial charge in [-0.15, -0.1) is 11.3 Å². The fourth-order valence-corrected chi connectivity index (χ4v) is 2.41. The Hall–Kier alpha value is -2.10. The van der Waals surface area contributed by atoms with E-state index in [9.17, 15) is 4.79 Å². The molecule has 2 heterocycles. The van der Waals surface area contributed by atoms with Crippen LogP contribution in [0, 0.1) is 11.8 Å². The summed E-state index contributed by atoms with van der Waals surface area (Å²) in [5.74, 6) is 5.47. The van der Waals surface area contributed by atoms with E-state index in [4.69, 9.17) is 5.11 Å². The maximum atomic E-state index is 11.7. The van der Waals surface area contributed by atoms with E-state index in [2.05, 4.69) is 22.1 Å². The number of thiophene rings is 1. The van der Waals surface area contributed by atoms with E-state index < -0.39 is 0 Å². The minimum atomic E-state index is -0.160. The molecule has 0 bridgehead atoms. The normalized spacial score (nSPS) is 9.85. The number of aliphatic hydroxyl groups is 1. The molecule has 2 aromatic rings. The summed E-state index contributed by atoms with van der Waals surface area (Å²) < 4.78 is 1.86. The van der Waals surface area contributed by atoms with Gasteiger partial charge in [-0.25, -0.2) is 4.98 Å². The molecule has 0 aliphatic rings. The molecule has 1 amide bonds. The highest BCUT2D eigenvalue weighted by Gasteiger charge is 2.05. The molecule has 0 saturated heterocycles. The van der Waals surface area contributed by atoms with Crippen LogP contribution in [0.25, 0.3) is 0 Å². The van der Waals surface area contributed by atoms with Gasteiger partial charge in [-0.1, -0.05) is 11.8 Å². The van der Waals surface area contributed by atoms with Crippen molar-refractivity contribution in [2.45, 2.75) is 19.5 Å². The number of nitrogens with zero attached hydrogens (tertiary/aromatic N) is 2. The summed E-state index contributed by atoms with van der Waals surface area (Å²) in [5.41, 5.74) is 0.860. The van der Waals surface area contributed by atoms with Crippen LogP contribution in [0.3, 0.4) is 0 Å². The van der Waals surface area contributed by atoms with Crippen molar-refractivity contribution in [1.82, 2.24) is 14.9 Å².